The summed E-state index contributed by atoms with van der Waals surface area (Å²) in [6.45, 7) is 0.517. The second-order valence-corrected chi connectivity index (χ2v) is 5.48. The van der Waals surface area contributed by atoms with Crippen LogP contribution in [0.3, 0.4) is 0 Å². The maximum absolute atomic E-state index is 12.6. The van der Waals surface area contributed by atoms with Crippen molar-refractivity contribution in [1.82, 2.24) is 20.9 Å². The molecule has 0 aliphatic carbocycles. The molecule has 1 aromatic rings. The van der Waals surface area contributed by atoms with Gasteiger partial charge in [0.1, 0.15) is 6.29 Å². The zero-order valence-electron chi connectivity index (χ0n) is 12.0. The van der Waals surface area contributed by atoms with Crippen LogP contribution in [-0.4, -0.2) is 49.9 Å². The van der Waals surface area contributed by atoms with Gasteiger partial charge < -0.3 is 5.32 Å². The van der Waals surface area contributed by atoms with Crippen LogP contribution in [0.25, 0.3) is 0 Å². The number of para-hydroxylation sites is 1. The molecule has 3 unspecified atom stereocenters. The fourth-order valence-corrected chi connectivity index (χ4v) is 2.69. The Kier molecular flexibility index (Phi) is 3.62. The first-order valence-electron chi connectivity index (χ1n) is 6.93. The van der Waals surface area contributed by atoms with Crippen molar-refractivity contribution in [3.63, 3.8) is 0 Å². The van der Waals surface area contributed by atoms with Crippen LogP contribution in [0, 0.1) is 5.92 Å². The molecule has 3 amide bonds. The fourth-order valence-electron chi connectivity index (χ4n) is 2.69. The highest BCUT2D eigenvalue weighted by Gasteiger charge is 2.44. The topological polar surface area (TPSA) is 76.7 Å². The largest absolute Gasteiger partial charge is 0.330 e. The predicted molar refractivity (Wildman–Crippen MR) is 78.4 cm³/mol. The monoisotopic (exact) mass is 289 g/mol. The summed E-state index contributed by atoms with van der Waals surface area (Å²) in [4.78, 5) is 28.0. The van der Waals surface area contributed by atoms with Crippen LogP contribution in [-0.2, 0) is 4.79 Å². The van der Waals surface area contributed by atoms with Gasteiger partial charge in [-0.1, -0.05) is 18.2 Å². The standard InChI is InChI=1S/C14H19N5O2/c1-18(2)13-15-8-10-11(16-13)17-14(21)19(12(10)20)9-6-4-3-5-7-9/h3-7,10-11,13,15-16H,8H2,1-2H3,(H,17,21). The lowest BCUT2D eigenvalue weighted by Gasteiger charge is -2.44. The summed E-state index contributed by atoms with van der Waals surface area (Å²) >= 11 is 0. The Balaban J connectivity index is 1.82. The van der Waals surface area contributed by atoms with Crippen molar-refractivity contribution < 1.29 is 9.59 Å². The van der Waals surface area contributed by atoms with E-state index in [1.807, 2.05) is 25.1 Å². The number of hydrogen-bond acceptors (Lipinski definition) is 5. The molecule has 3 rings (SSSR count). The smallest absolute Gasteiger partial charge is 0.321 e. The van der Waals surface area contributed by atoms with Crippen molar-refractivity contribution in [3.05, 3.63) is 30.3 Å². The van der Waals surface area contributed by atoms with Crippen molar-refractivity contribution in [2.45, 2.75) is 12.5 Å². The minimum atomic E-state index is -0.389. The van der Waals surface area contributed by atoms with Crippen molar-refractivity contribution in [2.24, 2.45) is 5.92 Å². The Morgan fingerprint density at radius 1 is 1.19 bits per heavy atom. The van der Waals surface area contributed by atoms with Gasteiger partial charge in [-0.2, -0.15) is 0 Å². The van der Waals surface area contributed by atoms with Gasteiger partial charge >= 0.3 is 6.03 Å². The summed E-state index contributed by atoms with van der Waals surface area (Å²) in [7, 11) is 3.85. The van der Waals surface area contributed by atoms with E-state index < -0.39 is 0 Å². The first kappa shape index (κ1) is 14.0. The molecule has 2 aliphatic rings. The number of anilines is 1. The lowest BCUT2D eigenvalue weighted by Crippen LogP contribution is -2.74. The molecule has 0 bridgehead atoms. The summed E-state index contributed by atoms with van der Waals surface area (Å²) < 4.78 is 0. The van der Waals surface area contributed by atoms with E-state index in [2.05, 4.69) is 16.0 Å². The molecular weight excluding hydrogens is 270 g/mol. The van der Waals surface area contributed by atoms with Gasteiger partial charge in [-0.15, -0.1) is 0 Å². The number of hydrogen-bond donors (Lipinski definition) is 3. The summed E-state index contributed by atoms with van der Waals surface area (Å²) in [5.41, 5.74) is 0.591. The third kappa shape index (κ3) is 2.51. The minimum absolute atomic E-state index is 0.0670. The molecule has 21 heavy (non-hydrogen) atoms. The molecule has 3 atom stereocenters. The number of rotatable bonds is 2. The van der Waals surface area contributed by atoms with Gasteiger partial charge in [0.05, 0.1) is 17.8 Å². The van der Waals surface area contributed by atoms with Crippen LogP contribution >= 0.6 is 0 Å². The van der Waals surface area contributed by atoms with Gasteiger partial charge in [0.15, 0.2) is 0 Å². The third-order valence-electron chi connectivity index (χ3n) is 3.82. The molecule has 0 aromatic heterocycles. The van der Waals surface area contributed by atoms with Crippen LogP contribution in [0.1, 0.15) is 0 Å². The highest BCUT2D eigenvalue weighted by molar-refractivity contribution is 6.17. The highest BCUT2D eigenvalue weighted by atomic mass is 16.2. The quantitative estimate of drug-likeness (QED) is 0.698. The molecule has 2 heterocycles. The van der Waals surface area contributed by atoms with E-state index in [-0.39, 0.29) is 30.3 Å². The van der Waals surface area contributed by atoms with Crippen LogP contribution in [0.5, 0.6) is 0 Å². The molecule has 112 valence electrons. The summed E-state index contributed by atoms with van der Waals surface area (Å²) in [5, 5.41) is 9.34. The average molecular weight is 289 g/mol. The Morgan fingerprint density at radius 3 is 2.57 bits per heavy atom. The Bertz CT molecular complexity index is 548. The van der Waals surface area contributed by atoms with E-state index in [0.717, 1.165) is 0 Å². The minimum Gasteiger partial charge on any atom is -0.321 e. The first-order chi connectivity index (χ1) is 10.1. The van der Waals surface area contributed by atoms with E-state index in [1.165, 1.54) is 4.90 Å². The van der Waals surface area contributed by atoms with E-state index in [0.29, 0.717) is 12.2 Å². The van der Waals surface area contributed by atoms with Crippen LogP contribution in [0.4, 0.5) is 10.5 Å². The molecule has 1 aromatic carbocycles. The average Bonchev–Trinajstić information content (AvgIpc) is 2.47. The van der Waals surface area contributed by atoms with Crippen LogP contribution in [0.15, 0.2) is 30.3 Å². The maximum atomic E-state index is 12.6. The lowest BCUT2D eigenvalue weighted by atomic mass is 9.99. The van der Waals surface area contributed by atoms with E-state index in [9.17, 15) is 9.59 Å². The summed E-state index contributed by atoms with van der Waals surface area (Å²) in [6, 6.07) is 8.58. The molecule has 2 saturated heterocycles. The lowest BCUT2D eigenvalue weighted by molar-refractivity contribution is -0.125. The number of benzene rings is 1. The number of amides is 3. The third-order valence-corrected chi connectivity index (χ3v) is 3.82. The van der Waals surface area contributed by atoms with Crippen LogP contribution in [0.2, 0.25) is 0 Å². The molecule has 0 saturated carbocycles. The Morgan fingerprint density at radius 2 is 1.90 bits per heavy atom. The van der Waals surface area contributed by atoms with Gasteiger partial charge in [-0.05, 0) is 26.2 Å². The van der Waals surface area contributed by atoms with Gasteiger partial charge in [-0.25, -0.2) is 9.69 Å². The van der Waals surface area contributed by atoms with Crippen molar-refractivity contribution in [3.8, 4) is 0 Å². The normalized spacial score (nSPS) is 29.3. The van der Waals surface area contributed by atoms with E-state index >= 15 is 0 Å². The predicted octanol–water partition coefficient (Wildman–Crippen LogP) is -0.277. The molecule has 7 nitrogen and oxygen atoms in total. The van der Waals surface area contributed by atoms with Gasteiger partial charge in [0, 0.05) is 6.54 Å². The number of imide groups is 1. The van der Waals surface area contributed by atoms with Crippen LogP contribution < -0.4 is 20.9 Å². The molecule has 2 aliphatic heterocycles. The zero-order valence-corrected chi connectivity index (χ0v) is 12.0. The van der Waals surface area contributed by atoms with Crippen molar-refractivity contribution in [1.29, 1.82) is 0 Å². The Labute approximate surface area is 123 Å². The second kappa shape index (κ2) is 5.44. The number of nitrogens with zero attached hydrogens (tertiary/aromatic N) is 2. The first-order valence-corrected chi connectivity index (χ1v) is 6.93. The van der Waals surface area contributed by atoms with E-state index in [4.69, 9.17) is 0 Å². The molecule has 3 N–H and O–H groups in total. The Hall–Kier alpha value is -1.96. The number of nitrogens with one attached hydrogen (secondary N) is 3. The molecule has 0 spiro atoms. The van der Waals surface area contributed by atoms with Crippen molar-refractivity contribution in [2.75, 3.05) is 25.5 Å². The summed E-state index contributed by atoms with van der Waals surface area (Å²) in [6.07, 6.45) is -0.416. The molecule has 2 fully saturated rings. The van der Waals surface area contributed by atoms with Gasteiger partial charge in [-0.3, -0.25) is 20.3 Å². The second-order valence-electron chi connectivity index (χ2n) is 5.48. The number of carbonyl (C=O) groups excluding carboxylic acids is 2. The summed E-state index contributed by atoms with van der Waals surface area (Å²) in [5.74, 6) is -0.508. The number of urea groups is 1. The number of carbonyl (C=O) groups is 2. The van der Waals surface area contributed by atoms with Gasteiger partial charge in [0.2, 0.25) is 5.91 Å². The molecule has 7 heteroatoms. The molecule has 0 radical (unpaired) electrons. The van der Waals surface area contributed by atoms with Crippen molar-refractivity contribution >= 4 is 17.6 Å². The fraction of sp³-hybridized carbons (Fsp3) is 0.429. The zero-order chi connectivity index (χ0) is 15.0. The maximum Gasteiger partial charge on any atom is 0.330 e. The molecular formula is C14H19N5O2. The van der Waals surface area contributed by atoms with Gasteiger partial charge in [0.25, 0.3) is 0 Å². The van der Waals surface area contributed by atoms with E-state index in [1.54, 1.807) is 24.3 Å². The highest BCUT2D eigenvalue weighted by Crippen LogP contribution is 2.23. The number of fused-ring (bicyclic) bond motifs is 1. The SMILES string of the molecule is CN(C)C1NCC2C(=O)N(c3ccccc3)C(=O)NC2N1.